The topological polar surface area (TPSA) is 76.9 Å². The first kappa shape index (κ1) is 8.49. The van der Waals surface area contributed by atoms with Gasteiger partial charge in [-0.3, -0.25) is 4.72 Å². The Morgan fingerprint density at radius 3 is 2.77 bits per heavy atom. The summed E-state index contributed by atoms with van der Waals surface area (Å²) in [6, 6.07) is 0. The minimum absolute atomic E-state index is 0.232. The highest BCUT2D eigenvalue weighted by Gasteiger charge is 2.36. The molecule has 1 heterocycles. The van der Waals surface area contributed by atoms with E-state index in [1.165, 1.54) is 11.0 Å². The third-order valence-electron chi connectivity index (χ3n) is 1.91. The number of aromatic nitrogens is 3. The highest BCUT2D eigenvalue weighted by atomic mass is 32.2. The molecule has 0 aromatic carbocycles. The highest BCUT2D eigenvalue weighted by molar-refractivity contribution is 7.93. The van der Waals surface area contributed by atoms with E-state index in [0.29, 0.717) is 0 Å². The molecule has 1 aliphatic rings. The van der Waals surface area contributed by atoms with Gasteiger partial charge in [-0.15, -0.1) is 0 Å². The number of rotatable bonds is 3. The van der Waals surface area contributed by atoms with Crippen LogP contribution in [-0.2, 0) is 17.1 Å². The molecule has 0 bridgehead atoms. The Morgan fingerprint density at radius 1 is 1.62 bits per heavy atom. The standard InChI is InChI=1S/C6H10N4O2S/c1-10-6(7-4-8-10)9-13(11,12)5-2-3-5/h4-5H,2-3H2,1H3,(H,7,8,9). The van der Waals surface area contributed by atoms with E-state index < -0.39 is 10.0 Å². The molecule has 6 nitrogen and oxygen atoms in total. The number of aryl methyl sites for hydroxylation is 1. The summed E-state index contributed by atoms with van der Waals surface area (Å²) >= 11 is 0. The predicted octanol–water partition coefficient (Wildman–Crippen LogP) is -0.281. The van der Waals surface area contributed by atoms with E-state index in [2.05, 4.69) is 14.8 Å². The Bertz CT molecular complexity index is 406. The van der Waals surface area contributed by atoms with Crippen LogP contribution in [0.5, 0.6) is 0 Å². The number of hydrogen-bond donors (Lipinski definition) is 1. The lowest BCUT2D eigenvalue weighted by molar-refractivity contribution is 0.599. The maximum Gasteiger partial charge on any atom is 0.237 e. The molecule has 0 radical (unpaired) electrons. The van der Waals surface area contributed by atoms with Crippen LogP contribution < -0.4 is 4.72 Å². The summed E-state index contributed by atoms with van der Waals surface area (Å²) in [5.41, 5.74) is 0. The summed E-state index contributed by atoms with van der Waals surface area (Å²) in [7, 11) is -1.57. The fourth-order valence-electron chi connectivity index (χ4n) is 0.978. The normalized spacial score (nSPS) is 17.3. The Hall–Kier alpha value is -1.11. The zero-order valence-corrected chi connectivity index (χ0v) is 7.95. The van der Waals surface area contributed by atoms with Crippen molar-refractivity contribution in [1.29, 1.82) is 0 Å². The Kier molecular flexibility index (Phi) is 1.76. The Morgan fingerprint density at radius 2 is 2.31 bits per heavy atom. The van der Waals surface area contributed by atoms with Gasteiger partial charge < -0.3 is 0 Å². The van der Waals surface area contributed by atoms with Crippen LogP contribution in [0.15, 0.2) is 6.33 Å². The lowest BCUT2D eigenvalue weighted by Crippen LogP contribution is -2.19. The molecule has 1 aromatic rings. The van der Waals surface area contributed by atoms with E-state index in [9.17, 15) is 8.42 Å². The van der Waals surface area contributed by atoms with Gasteiger partial charge in [-0.05, 0) is 12.8 Å². The minimum atomic E-state index is -3.21. The van der Waals surface area contributed by atoms with Crippen LogP contribution in [0.3, 0.4) is 0 Å². The molecular weight excluding hydrogens is 192 g/mol. The first-order valence-electron chi connectivity index (χ1n) is 3.95. The van der Waals surface area contributed by atoms with Crippen LogP contribution in [0.1, 0.15) is 12.8 Å². The zero-order valence-electron chi connectivity index (χ0n) is 7.14. The van der Waals surface area contributed by atoms with Gasteiger partial charge in [-0.1, -0.05) is 0 Å². The number of nitrogens with zero attached hydrogens (tertiary/aromatic N) is 3. The summed E-state index contributed by atoms with van der Waals surface area (Å²) in [4.78, 5) is 3.77. The summed E-state index contributed by atoms with van der Waals surface area (Å²) in [5, 5.41) is 3.53. The zero-order chi connectivity index (χ0) is 9.47. The minimum Gasteiger partial charge on any atom is -0.251 e. The van der Waals surface area contributed by atoms with Crippen molar-refractivity contribution in [2.24, 2.45) is 7.05 Å². The largest absolute Gasteiger partial charge is 0.251 e. The van der Waals surface area contributed by atoms with E-state index in [0.717, 1.165) is 12.8 Å². The molecule has 1 aliphatic carbocycles. The lowest BCUT2D eigenvalue weighted by atomic mass is 11.0. The lowest BCUT2D eigenvalue weighted by Gasteiger charge is -2.04. The first-order chi connectivity index (χ1) is 6.09. The average Bonchev–Trinajstić information content (AvgIpc) is 2.80. The summed E-state index contributed by atoms with van der Waals surface area (Å²) in [6.45, 7) is 0. The van der Waals surface area contributed by atoms with Crippen molar-refractivity contribution < 1.29 is 8.42 Å². The SMILES string of the molecule is Cn1ncnc1NS(=O)(=O)C1CC1. The Labute approximate surface area is 76.0 Å². The number of hydrogen-bond acceptors (Lipinski definition) is 4. The average molecular weight is 202 g/mol. The second-order valence-corrected chi connectivity index (χ2v) is 5.01. The van der Waals surface area contributed by atoms with Crippen LogP contribution in [0.25, 0.3) is 0 Å². The van der Waals surface area contributed by atoms with Gasteiger partial charge in [0.25, 0.3) is 0 Å². The number of anilines is 1. The molecule has 1 saturated carbocycles. The molecule has 13 heavy (non-hydrogen) atoms. The molecule has 2 rings (SSSR count). The van der Waals surface area contributed by atoms with E-state index in [4.69, 9.17) is 0 Å². The maximum absolute atomic E-state index is 11.4. The van der Waals surface area contributed by atoms with Crippen molar-refractivity contribution >= 4 is 16.0 Å². The van der Waals surface area contributed by atoms with Crippen LogP contribution in [0.2, 0.25) is 0 Å². The highest BCUT2D eigenvalue weighted by Crippen LogP contribution is 2.28. The summed E-state index contributed by atoms with van der Waals surface area (Å²) < 4.78 is 26.6. The smallest absolute Gasteiger partial charge is 0.237 e. The second-order valence-electron chi connectivity index (χ2n) is 3.05. The maximum atomic E-state index is 11.4. The van der Waals surface area contributed by atoms with E-state index in [1.54, 1.807) is 7.05 Å². The second kappa shape index (κ2) is 2.69. The van der Waals surface area contributed by atoms with Crippen LogP contribution in [0.4, 0.5) is 5.95 Å². The van der Waals surface area contributed by atoms with Gasteiger partial charge in [-0.25, -0.2) is 13.1 Å². The molecule has 0 spiro atoms. The van der Waals surface area contributed by atoms with Crippen LogP contribution >= 0.6 is 0 Å². The fourth-order valence-corrected chi connectivity index (χ4v) is 2.34. The van der Waals surface area contributed by atoms with E-state index in [1.807, 2.05) is 0 Å². The van der Waals surface area contributed by atoms with Crippen LogP contribution in [-0.4, -0.2) is 28.4 Å². The molecule has 0 atom stereocenters. The predicted molar refractivity (Wildman–Crippen MR) is 46.6 cm³/mol. The van der Waals surface area contributed by atoms with Gasteiger partial charge in [-0.2, -0.15) is 10.1 Å². The molecule has 72 valence electrons. The van der Waals surface area contributed by atoms with Crippen molar-refractivity contribution in [1.82, 2.24) is 14.8 Å². The van der Waals surface area contributed by atoms with Gasteiger partial charge in [0.2, 0.25) is 16.0 Å². The van der Waals surface area contributed by atoms with Crippen molar-refractivity contribution in [3.63, 3.8) is 0 Å². The van der Waals surface area contributed by atoms with E-state index >= 15 is 0 Å². The number of sulfonamides is 1. The molecule has 1 N–H and O–H groups in total. The molecule has 0 saturated heterocycles. The third-order valence-corrected chi connectivity index (χ3v) is 3.72. The monoisotopic (exact) mass is 202 g/mol. The first-order valence-corrected chi connectivity index (χ1v) is 5.50. The van der Waals surface area contributed by atoms with E-state index in [-0.39, 0.29) is 11.2 Å². The molecule has 1 fully saturated rings. The van der Waals surface area contributed by atoms with Gasteiger partial charge >= 0.3 is 0 Å². The molecule has 0 unspecified atom stereocenters. The quantitative estimate of drug-likeness (QED) is 0.731. The van der Waals surface area contributed by atoms with Crippen molar-refractivity contribution in [2.45, 2.75) is 18.1 Å². The molecule has 7 heteroatoms. The van der Waals surface area contributed by atoms with Crippen molar-refractivity contribution in [2.75, 3.05) is 4.72 Å². The Balaban J connectivity index is 2.18. The molecular formula is C6H10N4O2S. The van der Waals surface area contributed by atoms with Crippen LogP contribution in [0, 0.1) is 0 Å². The number of nitrogens with one attached hydrogen (secondary N) is 1. The molecule has 0 aliphatic heterocycles. The molecule has 1 aromatic heterocycles. The summed E-state index contributed by atoms with van der Waals surface area (Å²) in [6.07, 6.45) is 2.80. The van der Waals surface area contributed by atoms with Gasteiger partial charge in [0, 0.05) is 7.05 Å². The molecule has 0 amide bonds. The third kappa shape index (κ3) is 1.64. The van der Waals surface area contributed by atoms with Gasteiger partial charge in [0.1, 0.15) is 6.33 Å². The van der Waals surface area contributed by atoms with Gasteiger partial charge in [0.05, 0.1) is 5.25 Å². The van der Waals surface area contributed by atoms with Crippen molar-refractivity contribution in [3.8, 4) is 0 Å². The van der Waals surface area contributed by atoms with Crippen molar-refractivity contribution in [3.05, 3.63) is 6.33 Å². The summed E-state index contributed by atoms with van der Waals surface area (Å²) in [5.74, 6) is 0.270. The fraction of sp³-hybridized carbons (Fsp3) is 0.667. The van der Waals surface area contributed by atoms with Gasteiger partial charge in [0.15, 0.2) is 0 Å².